The maximum Gasteiger partial charge on any atom is 0.212 e. The number of pyridine rings is 1. The highest BCUT2D eigenvalue weighted by Crippen LogP contribution is 2.33. The molecule has 0 saturated heterocycles. The molecule has 18 heavy (non-hydrogen) atoms. The van der Waals surface area contributed by atoms with E-state index in [1.165, 1.54) is 25.7 Å². The zero-order valence-corrected chi connectivity index (χ0v) is 11.1. The van der Waals surface area contributed by atoms with Crippen molar-refractivity contribution in [1.29, 1.82) is 0 Å². The fraction of sp³-hybridized carbons (Fsp3) is 0.643. The van der Waals surface area contributed by atoms with Gasteiger partial charge in [-0.3, -0.25) is 0 Å². The molecule has 3 N–H and O–H groups in total. The number of hydrogen-bond acceptors (Lipinski definition) is 4. The summed E-state index contributed by atoms with van der Waals surface area (Å²) in [5, 5.41) is 3.50. The zero-order chi connectivity index (χ0) is 12.8. The number of nitrogens with one attached hydrogen (secondary N) is 1. The number of hydrogen-bond donors (Lipinski definition) is 2. The van der Waals surface area contributed by atoms with Crippen LogP contribution in [0.5, 0.6) is 5.88 Å². The van der Waals surface area contributed by atoms with Crippen LogP contribution in [0.1, 0.15) is 37.3 Å². The van der Waals surface area contributed by atoms with Crippen molar-refractivity contribution in [3.8, 4) is 5.88 Å². The Kier molecular flexibility index (Phi) is 4.96. The maximum absolute atomic E-state index is 5.81. The Labute approximate surface area is 109 Å². The molecule has 4 nitrogen and oxygen atoms in total. The Balaban J connectivity index is 1.78. The average Bonchev–Trinajstić information content (AvgIpc) is 3.23. The van der Waals surface area contributed by atoms with Crippen LogP contribution in [-0.2, 0) is 0 Å². The van der Waals surface area contributed by atoms with Gasteiger partial charge in [0.15, 0.2) is 0 Å². The van der Waals surface area contributed by atoms with Crippen molar-refractivity contribution in [3.63, 3.8) is 0 Å². The second-order valence-corrected chi connectivity index (χ2v) is 4.96. The molecule has 1 heterocycles. The summed E-state index contributed by atoms with van der Waals surface area (Å²) in [6, 6.07) is 4.10. The first-order chi connectivity index (χ1) is 8.83. The van der Waals surface area contributed by atoms with Gasteiger partial charge in [-0.15, -0.1) is 0 Å². The third-order valence-corrected chi connectivity index (χ3v) is 3.48. The van der Waals surface area contributed by atoms with Gasteiger partial charge in [-0.05, 0) is 30.9 Å². The second-order valence-electron chi connectivity index (χ2n) is 4.96. The number of ether oxygens (including phenoxy) is 1. The van der Waals surface area contributed by atoms with Crippen molar-refractivity contribution in [2.75, 3.05) is 20.2 Å². The minimum absolute atomic E-state index is 0.197. The SMILES string of the molecule is COc1ccc(C(CN)NCCCC2CC2)cn1. The van der Waals surface area contributed by atoms with Gasteiger partial charge in [-0.1, -0.05) is 18.9 Å². The van der Waals surface area contributed by atoms with Crippen molar-refractivity contribution in [2.24, 2.45) is 11.7 Å². The van der Waals surface area contributed by atoms with Gasteiger partial charge in [-0.2, -0.15) is 0 Å². The summed E-state index contributed by atoms with van der Waals surface area (Å²) in [7, 11) is 1.62. The van der Waals surface area contributed by atoms with E-state index in [1.54, 1.807) is 7.11 Å². The summed E-state index contributed by atoms with van der Waals surface area (Å²) in [4.78, 5) is 4.21. The maximum atomic E-state index is 5.81. The Hall–Kier alpha value is -1.13. The van der Waals surface area contributed by atoms with Crippen LogP contribution in [0.15, 0.2) is 18.3 Å². The lowest BCUT2D eigenvalue weighted by molar-refractivity contribution is 0.397. The number of nitrogens with zero attached hydrogens (tertiary/aromatic N) is 1. The van der Waals surface area contributed by atoms with Gasteiger partial charge in [0.1, 0.15) is 0 Å². The first-order valence-corrected chi connectivity index (χ1v) is 6.77. The highest BCUT2D eigenvalue weighted by Gasteiger charge is 2.20. The van der Waals surface area contributed by atoms with Crippen molar-refractivity contribution in [1.82, 2.24) is 10.3 Å². The molecule has 1 aromatic heterocycles. The molecular weight excluding hydrogens is 226 g/mol. The Morgan fingerprint density at radius 2 is 2.33 bits per heavy atom. The molecule has 1 saturated carbocycles. The van der Waals surface area contributed by atoms with Crippen LogP contribution in [0, 0.1) is 5.92 Å². The molecule has 4 heteroatoms. The van der Waals surface area contributed by atoms with E-state index in [1.807, 2.05) is 18.3 Å². The van der Waals surface area contributed by atoms with E-state index >= 15 is 0 Å². The van der Waals surface area contributed by atoms with Crippen LogP contribution in [-0.4, -0.2) is 25.2 Å². The molecule has 1 aliphatic rings. The molecular formula is C14H23N3O. The lowest BCUT2D eigenvalue weighted by atomic mass is 10.1. The smallest absolute Gasteiger partial charge is 0.212 e. The number of nitrogens with two attached hydrogens (primary N) is 1. The molecule has 1 aliphatic carbocycles. The van der Waals surface area contributed by atoms with Crippen LogP contribution in [0.2, 0.25) is 0 Å². The molecule has 1 unspecified atom stereocenters. The van der Waals surface area contributed by atoms with Gasteiger partial charge in [0, 0.05) is 24.8 Å². The topological polar surface area (TPSA) is 60.2 Å². The van der Waals surface area contributed by atoms with Crippen LogP contribution < -0.4 is 15.8 Å². The summed E-state index contributed by atoms with van der Waals surface area (Å²) in [5.74, 6) is 1.65. The Bertz CT molecular complexity index is 349. The predicted octanol–water partition coefficient (Wildman–Crippen LogP) is 1.87. The van der Waals surface area contributed by atoms with Crippen molar-refractivity contribution in [3.05, 3.63) is 23.9 Å². The largest absolute Gasteiger partial charge is 0.481 e. The van der Waals surface area contributed by atoms with Gasteiger partial charge < -0.3 is 15.8 Å². The first-order valence-electron chi connectivity index (χ1n) is 6.77. The van der Waals surface area contributed by atoms with Gasteiger partial charge in [0.25, 0.3) is 0 Å². The molecule has 0 amide bonds. The minimum Gasteiger partial charge on any atom is -0.481 e. The molecule has 0 aliphatic heterocycles. The minimum atomic E-state index is 0.197. The molecule has 0 spiro atoms. The third-order valence-electron chi connectivity index (χ3n) is 3.48. The lowest BCUT2D eigenvalue weighted by Gasteiger charge is -2.17. The van der Waals surface area contributed by atoms with Crippen LogP contribution >= 0.6 is 0 Å². The van der Waals surface area contributed by atoms with Gasteiger partial charge in [-0.25, -0.2) is 4.98 Å². The fourth-order valence-electron chi connectivity index (χ4n) is 2.13. The molecule has 0 radical (unpaired) electrons. The number of methoxy groups -OCH3 is 1. The zero-order valence-electron chi connectivity index (χ0n) is 11.1. The van der Waals surface area contributed by atoms with Gasteiger partial charge >= 0.3 is 0 Å². The molecule has 0 bridgehead atoms. The van der Waals surface area contributed by atoms with E-state index in [0.717, 1.165) is 18.0 Å². The summed E-state index contributed by atoms with van der Waals surface area (Å²) in [5.41, 5.74) is 6.94. The molecule has 1 atom stereocenters. The molecule has 100 valence electrons. The highest BCUT2D eigenvalue weighted by molar-refractivity contribution is 5.21. The molecule has 2 rings (SSSR count). The molecule has 1 fully saturated rings. The monoisotopic (exact) mass is 249 g/mol. The summed E-state index contributed by atoms with van der Waals surface area (Å²) >= 11 is 0. The third kappa shape index (κ3) is 3.96. The normalized spacial score (nSPS) is 16.6. The summed E-state index contributed by atoms with van der Waals surface area (Å²) < 4.78 is 5.05. The molecule has 0 aromatic carbocycles. The van der Waals surface area contributed by atoms with Crippen LogP contribution in [0.4, 0.5) is 0 Å². The van der Waals surface area contributed by atoms with Gasteiger partial charge in [0.05, 0.1) is 7.11 Å². The van der Waals surface area contributed by atoms with Gasteiger partial charge in [0.2, 0.25) is 5.88 Å². The average molecular weight is 249 g/mol. The lowest BCUT2D eigenvalue weighted by Crippen LogP contribution is -2.29. The Morgan fingerprint density at radius 1 is 1.50 bits per heavy atom. The number of rotatable bonds is 8. The summed E-state index contributed by atoms with van der Waals surface area (Å²) in [6.07, 6.45) is 7.30. The van der Waals surface area contributed by atoms with Crippen molar-refractivity contribution < 1.29 is 4.74 Å². The number of aromatic nitrogens is 1. The van der Waals surface area contributed by atoms with Crippen LogP contribution in [0.25, 0.3) is 0 Å². The fourth-order valence-corrected chi connectivity index (χ4v) is 2.13. The summed E-state index contributed by atoms with van der Waals surface area (Å²) in [6.45, 7) is 1.63. The predicted molar refractivity (Wildman–Crippen MR) is 72.5 cm³/mol. The van der Waals surface area contributed by atoms with Crippen molar-refractivity contribution in [2.45, 2.75) is 31.7 Å². The second kappa shape index (κ2) is 6.71. The highest BCUT2D eigenvalue weighted by atomic mass is 16.5. The van der Waals surface area contributed by atoms with Crippen LogP contribution in [0.3, 0.4) is 0 Å². The molecule has 1 aromatic rings. The van der Waals surface area contributed by atoms with E-state index in [4.69, 9.17) is 10.5 Å². The van der Waals surface area contributed by atoms with E-state index in [2.05, 4.69) is 10.3 Å². The van der Waals surface area contributed by atoms with E-state index < -0.39 is 0 Å². The van der Waals surface area contributed by atoms with E-state index in [9.17, 15) is 0 Å². The quantitative estimate of drug-likeness (QED) is 0.691. The van der Waals surface area contributed by atoms with E-state index in [-0.39, 0.29) is 6.04 Å². The Morgan fingerprint density at radius 3 is 2.89 bits per heavy atom. The van der Waals surface area contributed by atoms with E-state index in [0.29, 0.717) is 12.4 Å². The standard InChI is InChI=1S/C14H23N3O/c1-18-14-7-6-12(10-17-14)13(9-15)16-8-2-3-11-4-5-11/h6-7,10-11,13,16H,2-5,8-9,15H2,1H3. The van der Waals surface area contributed by atoms with Crippen molar-refractivity contribution >= 4 is 0 Å². The first kappa shape index (κ1) is 13.3.